The van der Waals surface area contributed by atoms with Crippen molar-refractivity contribution in [3.8, 4) is 0 Å². The van der Waals surface area contributed by atoms with Crippen LogP contribution in [0, 0.1) is 0 Å². The second-order valence-electron chi connectivity index (χ2n) is 7.32. The van der Waals surface area contributed by atoms with Crippen molar-refractivity contribution in [1.29, 1.82) is 0 Å². The molecular weight excluding hydrogens is 400 g/mol. The SMILES string of the molecule is CCOC(=O)CCC(C)c1ccc(S(=O)(=O)NCCc2c[nH]c3ccccc23)cc1. The summed E-state index contributed by atoms with van der Waals surface area (Å²) in [5, 5.41) is 1.11. The molecule has 6 nitrogen and oxygen atoms in total. The number of hydrogen-bond donors (Lipinski definition) is 2. The molecule has 0 saturated heterocycles. The lowest BCUT2D eigenvalue weighted by Crippen LogP contribution is -2.26. The minimum absolute atomic E-state index is 0.140. The third-order valence-electron chi connectivity index (χ3n) is 5.21. The average Bonchev–Trinajstić information content (AvgIpc) is 3.15. The number of para-hydroxylation sites is 1. The van der Waals surface area contributed by atoms with Crippen molar-refractivity contribution < 1.29 is 17.9 Å². The first kappa shape index (κ1) is 22.1. The molecular formula is C23H28N2O4S. The van der Waals surface area contributed by atoms with Crippen LogP contribution in [0.15, 0.2) is 59.6 Å². The lowest BCUT2D eigenvalue weighted by molar-refractivity contribution is -0.143. The maximum absolute atomic E-state index is 12.6. The van der Waals surface area contributed by atoms with Crippen molar-refractivity contribution in [2.24, 2.45) is 0 Å². The van der Waals surface area contributed by atoms with Crippen LogP contribution in [0.3, 0.4) is 0 Å². The Balaban J connectivity index is 1.56. The molecule has 0 saturated carbocycles. The van der Waals surface area contributed by atoms with Gasteiger partial charge in [0, 0.05) is 30.1 Å². The lowest BCUT2D eigenvalue weighted by atomic mass is 9.96. The summed E-state index contributed by atoms with van der Waals surface area (Å²) < 4.78 is 32.9. The van der Waals surface area contributed by atoms with Gasteiger partial charge in [-0.05, 0) is 55.0 Å². The number of nitrogens with one attached hydrogen (secondary N) is 2. The molecule has 0 aliphatic rings. The van der Waals surface area contributed by atoms with E-state index >= 15 is 0 Å². The zero-order chi connectivity index (χ0) is 21.6. The molecule has 0 fully saturated rings. The highest BCUT2D eigenvalue weighted by Crippen LogP contribution is 2.23. The molecule has 0 radical (unpaired) electrons. The van der Waals surface area contributed by atoms with Gasteiger partial charge in [0.05, 0.1) is 11.5 Å². The smallest absolute Gasteiger partial charge is 0.305 e. The van der Waals surface area contributed by atoms with Crippen LogP contribution in [0.2, 0.25) is 0 Å². The van der Waals surface area contributed by atoms with E-state index in [0.29, 0.717) is 32.4 Å². The summed E-state index contributed by atoms with van der Waals surface area (Å²) in [6.45, 7) is 4.51. The number of benzene rings is 2. The van der Waals surface area contributed by atoms with Gasteiger partial charge in [-0.1, -0.05) is 37.3 Å². The molecule has 7 heteroatoms. The van der Waals surface area contributed by atoms with E-state index in [2.05, 4.69) is 9.71 Å². The highest BCUT2D eigenvalue weighted by molar-refractivity contribution is 7.89. The second-order valence-corrected chi connectivity index (χ2v) is 9.09. The van der Waals surface area contributed by atoms with Crippen molar-refractivity contribution in [3.63, 3.8) is 0 Å². The highest BCUT2D eigenvalue weighted by Gasteiger charge is 2.15. The predicted octanol–water partition coefficient (Wildman–Crippen LogP) is 4.14. The van der Waals surface area contributed by atoms with Gasteiger partial charge in [0.2, 0.25) is 10.0 Å². The van der Waals surface area contributed by atoms with Gasteiger partial charge in [-0.2, -0.15) is 0 Å². The largest absolute Gasteiger partial charge is 0.466 e. The van der Waals surface area contributed by atoms with E-state index < -0.39 is 10.0 Å². The minimum Gasteiger partial charge on any atom is -0.466 e. The number of H-pyrrole nitrogens is 1. The van der Waals surface area contributed by atoms with Gasteiger partial charge >= 0.3 is 5.97 Å². The van der Waals surface area contributed by atoms with Gasteiger partial charge < -0.3 is 9.72 Å². The van der Waals surface area contributed by atoms with Crippen LogP contribution in [0.5, 0.6) is 0 Å². The first-order valence-corrected chi connectivity index (χ1v) is 11.7. The molecule has 1 atom stereocenters. The van der Waals surface area contributed by atoms with E-state index in [-0.39, 0.29) is 16.8 Å². The fraction of sp³-hybridized carbons (Fsp3) is 0.348. The van der Waals surface area contributed by atoms with Crippen LogP contribution < -0.4 is 4.72 Å². The fourth-order valence-electron chi connectivity index (χ4n) is 3.45. The third-order valence-corrected chi connectivity index (χ3v) is 6.68. The van der Waals surface area contributed by atoms with E-state index in [4.69, 9.17) is 4.74 Å². The second kappa shape index (κ2) is 9.91. The molecule has 2 N–H and O–H groups in total. The van der Waals surface area contributed by atoms with E-state index in [1.807, 2.05) is 49.5 Å². The Bertz CT molecular complexity index is 1090. The maximum atomic E-state index is 12.6. The Labute approximate surface area is 177 Å². The molecule has 3 rings (SSSR count). The minimum atomic E-state index is -3.58. The molecule has 0 aliphatic heterocycles. The van der Waals surface area contributed by atoms with Crippen LogP contribution in [-0.4, -0.2) is 32.5 Å². The monoisotopic (exact) mass is 428 g/mol. The zero-order valence-electron chi connectivity index (χ0n) is 17.4. The van der Waals surface area contributed by atoms with Crippen LogP contribution >= 0.6 is 0 Å². The molecule has 1 unspecified atom stereocenters. The Morgan fingerprint density at radius 2 is 1.87 bits per heavy atom. The van der Waals surface area contributed by atoms with Crippen molar-refractivity contribution >= 4 is 26.9 Å². The van der Waals surface area contributed by atoms with Crippen molar-refractivity contribution in [2.75, 3.05) is 13.2 Å². The van der Waals surface area contributed by atoms with Crippen molar-refractivity contribution in [1.82, 2.24) is 9.71 Å². The number of aromatic amines is 1. The summed E-state index contributed by atoms with van der Waals surface area (Å²) in [5.41, 5.74) is 3.12. The summed E-state index contributed by atoms with van der Waals surface area (Å²) in [5.74, 6) is -0.0658. The molecule has 1 aromatic heterocycles. The molecule has 30 heavy (non-hydrogen) atoms. The van der Waals surface area contributed by atoms with Gasteiger partial charge in [-0.3, -0.25) is 4.79 Å². The Hall–Kier alpha value is -2.64. The molecule has 1 heterocycles. The standard InChI is InChI=1S/C23H28N2O4S/c1-3-29-23(26)13-8-17(2)18-9-11-20(12-10-18)30(27,28)25-15-14-19-16-24-22-7-5-4-6-21(19)22/h4-7,9-12,16-17,24-25H,3,8,13-15H2,1-2H3. The Morgan fingerprint density at radius 3 is 2.60 bits per heavy atom. The molecule has 0 bridgehead atoms. The average molecular weight is 429 g/mol. The van der Waals surface area contributed by atoms with E-state index in [0.717, 1.165) is 22.0 Å². The molecule has 0 aliphatic carbocycles. The van der Waals surface area contributed by atoms with Crippen LogP contribution in [0.1, 0.15) is 43.7 Å². The summed E-state index contributed by atoms with van der Waals surface area (Å²) >= 11 is 0. The van der Waals surface area contributed by atoms with E-state index in [9.17, 15) is 13.2 Å². The first-order chi connectivity index (χ1) is 14.4. The summed E-state index contributed by atoms with van der Waals surface area (Å²) in [4.78, 5) is 15.0. The molecule has 2 aromatic carbocycles. The van der Waals surface area contributed by atoms with E-state index in [1.54, 1.807) is 19.1 Å². The number of ether oxygens (including phenoxy) is 1. The number of fused-ring (bicyclic) bond motifs is 1. The number of rotatable bonds is 10. The Morgan fingerprint density at radius 1 is 1.13 bits per heavy atom. The Kier molecular flexibility index (Phi) is 7.29. The number of carbonyl (C=O) groups is 1. The number of sulfonamides is 1. The van der Waals surface area contributed by atoms with Gasteiger partial charge in [0.1, 0.15) is 0 Å². The normalized spacial score (nSPS) is 12.7. The quantitative estimate of drug-likeness (QED) is 0.475. The summed E-state index contributed by atoms with van der Waals surface area (Å²) in [6, 6.07) is 14.8. The van der Waals surface area contributed by atoms with Crippen molar-refractivity contribution in [2.45, 2.75) is 43.9 Å². The topological polar surface area (TPSA) is 88.3 Å². The maximum Gasteiger partial charge on any atom is 0.305 e. The molecule has 160 valence electrons. The number of carbonyl (C=O) groups excluding carboxylic acids is 1. The molecule has 0 amide bonds. The fourth-order valence-corrected chi connectivity index (χ4v) is 4.48. The summed E-state index contributed by atoms with van der Waals surface area (Å²) in [6.07, 6.45) is 3.54. The number of hydrogen-bond acceptors (Lipinski definition) is 4. The van der Waals surface area contributed by atoms with Gasteiger partial charge in [0.25, 0.3) is 0 Å². The van der Waals surface area contributed by atoms with Gasteiger partial charge in [-0.25, -0.2) is 13.1 Å². The molecule has 0 spiro atoms. The van der Waals surface area contributed by atoms with Crippen molar-refractivity contribution in [3.05, 3.63) is 65.9 Å². The van der Waals surface area contributed by atoms with E-state index in [1.165, 1.54) is 0 Å². The van der Waals surface area contributed by atoms with Crippen LogP contribution in [-0.2, 0) is 26.0 Å². The first-order valence-electron chi connectivity index (χ1n) is 10.2. The third kappa shape index (κ3) is 5.49. The molecule has 3 aromatic rings. The van der Waals surface area contributed by atoms with Gasteiger partial charge in [-0.15, -0.1) is 0 Å². The lowest BCUT2D eigenvalue weighted by Gasteiger charge is -2.12. The summed E-state index contributed by atoms with van der Waals surface area (Å²) in [7, 11) is -3.58. The zero-order valence-corrected chi connectivity index (χ0v) is 18.2. The van der Waals surface area contributed by atoms with Gasteiger partial charge in [0.15, 0.2) is 0 Å². The van der Waals surface area contributed by atoms with Crippen LogP contribution in [0.4, 0.5) is 0 Å². The predicted molar refractivity (Wildman–Crippen MR) is 118 cm³/mol. The van der Waals surface area contributed by atoms with Crippen LogP contribution in [0.25, 0.3) is 10.9 Å². The highest BCUT2D eigenvalue weighted by atomic mass is 32.2. The number of aromatic nitrogens is 1. The number of esters is 1.